The van der Waals surface area contributed by atoms with Gasteiger partial charge in [-0.25, -0.2) is 4.98 Å². The number of nitrogens with two attached hydrogens (primary N) is 1. The molecule has 27 heavy (non-hydrogen) atoms. The Kier molecular flexibility index (Phi) is 8.54. The summed E-state index contributed by atoms with van der Waals surface area (Å²) in [6, 6.07) is 8.21. The molecule has 1 aromatic carbocycles. The van der Waals surface area contributed by atoms with Gasteiger partial charge >= 0.3 is 0 Å². The lowest BCUT2D eigenvalue weighted by molar-refractivity contribution is -0.142. The van der Waals surface area contributed by atoms with Crippen LogP contribution >= 0.6 is 36.2 Å². The van der Waals surface area contributed by atoms with Crippen LogP contribution in [0.25, 0.3) is 10.2 Å². The molecule has 1 saturated heterocycles. The Bertz CT molecular complexity index is 730. The Morgan fingerprint density at radius 2 is 1.96 bits per heavy atom. The molecular formula is C20H31Cl2N3OS. The lowest BCUT2D eigenvalue weighted by Gasteiger charge is -2.34. The second-order valence-electron chi connectivity index (χ2n) is 7.73. The van der Waals surface area contributed by atoms with E-state index in [2.05, 4.69) is 26.8 Å². The van der Waals surface area contributed by atoms with Crippen LogP contribution in [0.1, 0.15) is 45.0 Å². The van der Waals surface area contributed by atoms with Crippen molar-refractivity contribution in [3.8, 4) is 0 Å². The zero-order valence-corrected chi connectivity index (χ0v) is 18.8. The number of likely N-dealkylation sites (tertiary alicyclic amines) is 1. The first kappa shape index (κ1) is 24.2. The number of nitrogens with zero attached hydrogens (tertiary/aromatic N) is 2. The van der Waals surface area contributed by atoms with Crippen LogP contribution in [0.4, 0.5) is 0 Å². The standard InChI is InChI=1S/C20H29N3OS.2ClH/c1-4-20(5-2,18(24)23-11-10-19(3,13-21)14-23)12-17-22-15-8-6-7-9-16(15)25-17;;/h6-9H,4-5,10-14,21H2,1-3H3;2*1H. The third-order valence-electron chi connectivity index (χ3n) is 5.97. The Labute approximate surface area is 178 Å². The normalized spacial score (nSPS) is 19.6. The molecule has 1 aliphatic rings. The van der Waals surface area contributed by atoms with Gasteiger partial charge in [-0.2, -0.15) is 0 Å². The van der Waals surface area contributed by atoms with Gasteiger partial charge in [-0.3, -0.25) is 4.79 Å². The first-order valence-corrected chi connectivity index (χ1v) is 10.1. The first-order chi connectivity index (χ1) is 11.9. The predicted molar refractivity (Wildman–Crippen MR) is 119 cm³/mol. The number of halogens is 2. The predicted octanol–water partition coefficient (Wildman–Crippen LogP) is 4.69. The fourth-order valence-electron chi connectivity index (χ4n) is 3.86. The topological polar surface area (TPSA) is 59.2 Å². The van der Waals surface area contributed by atoms with Crippen molar-refractivity contribution >= 4 is 52.3 Å². The van der Waals surface area contributed by atoms with Gasteiger partial charge in [0.2, 0.25) is 5.91 Å². The van der Waals surface area contributed by atoms with Crippen LogP contribution in [0.2, 0.25) is 0 Å². The number of para-hydroxylation sites is 1. The van der Waals surface area contributed by atoms with E-state index in [0.717, 1.165) is 49.3 Å². The van der Waals surface area contributed by atoms with E-state index < -0.39 is 0 Å². The molecule has 1 unspecified atom stereocenters. The van der Waals surface area contributed by atoms with Crippen molar-refractivity contribution in [2.45, 2.75) is 46.5 Å². The summed E-state index contributed by atoms with van der Waals surface area (Å²) in [7, 11) is 0. The molecule has 0 saturated carbocycles. The van der Waals surface area contributed by atoms with E-state index in [0.29, 0.717) is 6.54 Å². The van der Waals surface area contributed by atoms with Crippen molar-refractivity contribution in [2.75, 3.05) is 19.6 Å². The van der Waals surface area contributed by atoms with Gasteiger partial charge in [-0.1, -0.05) is 32.9 Å². The van der Waals surface area contributed by atoms with Crippen molar-refractivity contribution in [1.29, 1.82) is 0 Å². The molecule has 2 heterocycles. The molecule has 1 atom stereocenters. The average Bonchev–Trinajstić information content (AvgIpc) is 3.22. The molecule has 0 radical (unpaired) electrons. The second-order valence-corrected chi connectivity index (χ2v) is 8.85. The Morgan fingerprint density at radius 3 is 2.52 bits per heavy atom. The van der Waals surface area contributed by atoms with Gasteiger partial charge < -0.3 is 10.6 Å². The lowest BCUT2D eigenvalue weighted by atomic mass is 9.78. The monoisotopic (exact) mass is 431 g/mol. The van der Waals surface area contributed by atoms with Crippen molar-refractivity contribution in [1.82, 2.24) is 9.88 Å². The number of carbonyl (C=O) groups is 1. The molecule has 152 valence electrons. The highest BCUT2D eigenvalue weighted by molar-refractivity contribution is 7.18. The van der Waals surface area contributed by atoms with E-state index in [4.69, 9.17) is 10.7 Å². The van der Waals surface area contributed by atoms with Gasteiger partial charge in [0.05, 0.1) is 20.6 Å². The molecule has 2 N–H and O–H groups in total. The van der Waals surface area contributed by atoms with E-state index in [1.807, 2.05) is 23.1 Å². The molecule has 4 nitrogen and oxygen atoms in total. The van der Waals surface area contributed by atoms with E-state index in [9.17, 15) is 4.79 Å². The second kappa shape index (κ2) is 9.55. The van der Waals surface area contributed by atoms with Crippen LogP contribution in [-0.4, -0.2) is 35.4 Å². The molecule has 0 spiro atoms. The Hall–Kier alpha value is -0.880. The summed E-state index contributed by atoms with van der Waals surface area (Å²) in [6.45, 7) is 8.70. The maximum atomic E-state index is 13.4. The summed E-state index contributed by atoms with van der Waals surface area (Å²) in [6.07, 6.45) is 3.41. The third kappa shape index (κ3) is 4.76. The minimum Gasteiger partial charge on any atom is -0.342 e. The summed E-state index contributed by atoms with van der Waals surface area (Å²) >= 11 is 1.72. The minimum atomic E-state index is -0.353. The highest BCUT2D eigenvalue weighted by Gasteiger charge is 2.43. The number of benzene rings is 1. The number of hydrogen-bond acceptors (Lipinski definition) is 4. The van der Waals surface area contributed by atoms with E-state index in [1.54, 1.807) is 11.3 Å². The van der Waals surface area contributed by atoms with Gasteiger partial charge in [0, 0.05) is 19.5 Å². The average molecular weight is 432 g/mol. The van der Waals surface area contributed by atoms with Gasteiger partial charge in [0.15, 0.2) is 0 Å². The van der Waals surface area contributed by atoms with Crippen LogP contribution < -0.4 is 5.73 Å². The number of thiazole rings is 1. The first-order valence-electron chi connectivity index (χ1n) is 9.29. The quantitative estimate of drug-likeness (QED) is 0.721. The molecule has 1 fully saturated rings. The van der Waals surface area contributed by atoms with E-state index in [1.165, 1.54) is 4.70 Å². The summed E-state index contributed by atoms with van der Waals surface area (Å²) in [5, 5.41) is 1.07. The number of fused-ring (bicyclic) bond motifs is 1. The number of hydrogen-bond donors (Lipinski definition) is 1. The van der Waals surface area contributed by atoms with Gasteiger partial charge in [0.1, 0.15) is 0 Å². The number of rotatable bonds is 6. The van der Waals surface area contributed by atoms with E-state index >= 15 is 0 Å². The number of amides is 1. The van der Waals surface area contributed by atoms with Crippen LogP contribution in [-0.2, 0) is 11.2 Å². The van der Waals surface area contributed by atoms with Crippen LogP contribution in [0, 0.1) is 10.8 Å². The lowest BCUT2D eigenvalue weighted by Crippen LogP contribution is -2.45. The minimum absolute atomic E-state index is 0. The molecule has 0 aliphatic carbocycles. The van der Waals surface area contributed by atoms with Gasteiger partial charge in [0.25, 0.3) is 0 Å². The van der Waals surface area contributed by atoms with Crippen molar-refractivity contribution in [2.24, 2.45) is 16.6 Å². The number of carbonyl (C=O) groups excluding carboxylic acids is 1. The van der Waals surface area contributed by atoms with Crippen LogP contribution in [0.15, 0.2) is 24.3 Å². The zero-order chi connectivity index (χ0) is 18.1. The van der Waals surface area contributed by atoms with Crippen LogP contribution in [0.3, 0.4) is 0 Å². The third-order valence-corrected chi connectivity index (χ3v) is 7.01. The molecular weight excluding hydrogens is 401 g/mol. The SMILES string of the molecule is CCC(CC)(Cc1nc2ccccc2s1)C(=O)N1CCC(C)(CN)C1.Cl.Cl. The highest BCUT2D eigenvalue weighted by Crippen LogP contribution is 2.39. The van der Waals surface area contributed by atoms with Crippen molar-refractivity contribution in [3.05, 3.63) is 29.3 Å². The zero-order valence-electron chi connectivity index (χ0n) is 16.4. The summed E-state index contributed by atoms with van der Waals surface area (Å²) in [5.41, 5.74) is 6.67. The van der Waals surface area contributed by atoms with Crippen LogP contribution in [0.5, 0.6) is 0 Å². The molecule has 1 aromatic heterocycles. The van der Waals surface area contributed by atoms with Crippen molar-refractivity contribution < 1.29 is 4.79 Å². The molecule has 1 aliphatic heterocycles. The Morgan fingerprint density at radius 1 is 1.30 bits per heavy atom. The maximum absolute atomic E-state index is 13.4. The molecule has 0 bridgehead atoms. The molecule has 3 rings (SSSR count). The smallest absolute Gasteiger partial charge is 0.229 e. The summed E-state index contributed by atoms with van der Waals surface area (Å²) in [4.78, 5) is 20.2. The summed E-state index contributed by atoms with van der Waals surface area (Å²) in [5.74, 6) is 0.286. The fourth-order valence-corrected chi connectivity index (χ4v) is 4.97. The maximum Gasteiger partial charge on any atom is 0.229 e. The van der Waals surface area contributed by atoms with Gasteiger partial charge in [-0.05, 0) is 43.4 Å². The van der Waals surface area contributed by atoms with Gasteiger partial charge in [-0.15, -0.1) is 36.2 Å². The molecule has 2 aromatic rings. The summed E-state index contributed by atoms with van der Waals surface area (Å²) < 4.78 is 1.20. The van der Waals surface area contributed by atoms with E-state index in [-0.39, 0.29) is 41.6 Å². The molecule has 7 heteroatoms. The largest absolute Gasteiger partial charge is 0.342 e. The fraction of sp³-hybridized carbons (Fsp3) is 0.600. The highest BCUT2D eigenvalue weighted by atomic mass is 35.5. The number of aromatic nitrogens is 1. The molecule has 1 amide bonds. The Balaban J connectivity index is 0.00000182. The van der Waals surface area contributed by atoms with Crippen molar-refractivity contribution in [3.63, 3.8) is 0 Å².